The van der Waals surface area contributed by atoms with Crippen LogP contribution in [0.2, 0.25) is 0 Å². The van der Waals surface area contributed by atoms with Gasteiger partial charge in [-0.05, 0) is 52.9 Å². The van der Waals surface area contributed by atoms with Gasteiger partial charge in [0.15, 0.2) is 8.68 Å². The SMILES string of the molecule is c1ccc2sc(SCc3ccc(Cc4ccc(CSc5nc6ccccc6s5)cc4)cc3)nc2c1. The maximum absolute atomic E-state index is 4.73. The van der Waals surface area contributed by atoms with Gasteiger partial charge in [-0.25, -0.2) is 9.97 Å². The Morgan fingerprint density at radius 1 is 0.486 bits per heavy atom. The van der Waals surface area contributed by atoms with E-state index in [4.69, 9.17) is 9.97 Å². The molecule has 6 rings (SSSR count). The molecule has 4 aromatic carbocycles. The summed E-state index contributed by atoms with van der Waals surface area (Å²) in [6, 6.07) is 34.7. The molecule has 0 spiro atoms. The first-order valence-corrected chi connectivity index (χ1v) is 15.0. The standard InChI is InChI=1S/C29H22N2S4/c1-3-7-26-24(5-1)30-28(34-26)32-18-22-13-9-20(10-14-22)17-21-11-15-23(16-12-21)19-33-29-31-25-6-2-4-8-27(25)35-29/h1-16H,17-19H2. The van der Waals surface area contributed by atoms with Gasteiger partial charge in [-0.3, -0.25) is 0 Å². The van der Waals surface area contributed by atoms with Gasteiger partial charge in [-0.15, -0.1) is 22.7 Å². The molecule has 0 aliphatic rings. The van der Waals surface area contributed by atoms with E-state index in [-0.39, 0.29) is 0 Å². The van der Waals surface area contributed by atoms with Crippen molar-refractivity contribution in [2.24, 2.45) is 0 Å². The number of nitrogens with zero attached hydrogens (tertiary/aromatic N) is 2. The molecule has 0 N–H and O–H groups in total. The topological polar surface area (TPSA) is 25.8 Å². The van der Waals surface area contributed by atoms with Gasteiger partial charge >= 0.3 is 0 Å². The number of fused-ring (bicyclic) bond motifs is 2. The molecule has 0 fully saturated rings. The summed E-state index contributed by atoms with van der Waals surface area (Å²) in [6.07, 6.45) is 0.955. The molecule has 0 radical (unpaired) electrons. The molecule has 0 saturated carbocycles. The van der Waals surface area contributed by atoms with E-state index in [0.29, 0.717) is 0 Å². The van der Waals surface area contributed by atoms with Gasteiger partial charge in [0.2, 0.25) is 0 Å². The van der Waals surface area contributed by atoms with Crippen LogP contribution in [0.4, 0.5) is 0 Å². The van der Waals surface area contributed by atoms with Crippen LogP contribution < -0.4 is 0 Å². The van der Waals surface area contributed by atoms with Crippen LogP contribution in [0.3, 0.4) is 0 Å². The lowest BCUT2D eigenvalue weighted by Gasteiger charge is -2.06. The van der Waals surface area contributed by atoms with Crippen LogP contribution in [-0.2, 0) is 17.9 Å². The van der Waals surface area contributed by atoms with Crippen molar-refractivity contribution in [1.82, 2.24) is 9.97 Å². The monoisotopic (exact) mass is 526 g/mol. The number of aromatic nitrogens is 2. The van der Waals surface area contributed by atoms with E-state index in [2.05, 4.69) is 84.9 Å². The number of rotatable bonds is 8. The van der Waals surface area contributed by atoms with Crippen LogP contribution in [0.25, 0.3) is 20.4 Å². The Kier molecular flexibility index (Phi) is 6.87. The first-order valence-electron chi connectivity index (χ1n) is 11.4. The summed E-state index contributed by atoms with van der Waals surface area (Å²) < 4.78 is 4.78. The van der Waals surface area contributed by atoms with E-state index in [1.54, 1.807) is 22.7 Å². The summed E-state index contributed by atoms with van der Waals surface area (Å²) in [5.74, 6) is 1.89. The van der Waals surface area contributed by atoms with Crippen molar-refractivity contribution in [3.8, 4) is 0 Å². The van der Waals surface area contributed by atoms with Gasteiger partial charge in [0, 0.05) is 11.5 Å². The number of thioether (sulfide) groups is 2. The average Bonchev–Trinajstić information content (AvgIpc) is 3.51. The first kappa shape index (κ1) is 22.8. The highest BCUT2D eigenvalue weighted by molar-refractivity contribution is 8.00. The third kappa shape index (κ3) is 5.62. The summed E-state index contributed by atoms with van der Waals surface area (Å²) in [4.78, 5) is 9.45. The van der Waals surface area contributed by atoms with E-state index < -0.39 is 0 Å². The van der Waals surface area contributed by atoms with Crippen molar-refractivity contribution >= 4 is 66.6 Å². The van der Waals surface area contributed by atoms with Gasteiger partial charge in [0.1, 0.15) is 0 Å². The van der Waals surface area contributed by atoms with Gasteiger partial charge < -0.3 is 0 Å². The lowest BCUT2D eigenvalue weighted by atomic mass is 10.0. The van der Waals surface area contributed by atoms with E-state index in [1.165, 1.54) is 31.7 Å². The van der Waals surface area contributed by atoms with Crippen LogP contribution >= 0.6 is 46.2 Å². The minimum absolute atomic E-state index is 0.946. The van der Waals surface area contributed by atoms with Crippen molar-refractivity contribution in [3.63, 3.8) is 0 Å². The second kappa shape index (κ2) is 10.5. The zero-order chi connectivity index (χ0) is 23.5. The molecule has 0 saturated heterocycles. The Hall–Kier alpha value is -2.64. The third-order valence-electron chi connectivity index (χ3n) is 5.73. The lowest BCUT2D eigenvalue weighted by molar-refractivity contribution is 1.17. The number of hydrogen-bond acceptors (Lipinski definition) is 6. The summed E-state index contributed by atoms with van der Waals surface area (Å²) >= 11 is 7.18. The third-order valence-corrected chi connectivity index (χ3v) is 10.2. The molecule has 0 aliphatic heterocycles. The average molecular weight is 527 g/mol. The van der Waals surface area contributed by atoms with Crippen molar-refractivity contribution in [3.05, 3.63) is 119 Å². The van der Waals surface area contributed by atoms with Crippen LogP contribution in [0, 0.1) is 0 Å². The second-order valence-electron chi connectivity index (χ2n) is 8.28. The van der Waals surface area contributed by atoms with Gasteiger partial charge in [0.05, 0.1) is 20.4 Å². The van der Waals surface area contributed by atoms with Crippen molar-refractivity contribution in [2.45, 2.75) is 26.6 Å². The zero-order valence-electron chi connectivity index (χ0n) is 18.9. The summed E-state index contributed by atoms with van der Waals surface area (Å²) in [5, 5.41) is 0. The molecule has 0 aliphatic carbocycles. The number of para-hydroxylation sites is 2. The fourth-order valence-corrected chi connectivity index (χ4v) is 7.91. The molecule has 2 heterocycles. The first-order chi connectivity index (χ1) is 17.3. The van der Waals surface area contributed by atoms with Crippen molar-refractivity contribution < 1.29 is 0 Å². The quantitative estimate of drug-likeness (QED) is 0.185. The van der Waals surface area contributed by atoms with Gasteiger partial charge in [0.25, 0.3) is 0 Å². The maximum atomic E-state index is 4.73. The van der Waals surface area contributed by atoms with Gasteiger partial charge in [-0.1, -0.05) is 96.3 Å². The summed E-state index contributed by atoms with van der Waals surface area (Å²) in [5.41, 5.74) is 7.54. The molecule has 0 bridgehead atoms. The maximum Gasteiger partial charge on any atom is 0.151 e. The Morgan fingerprint density at radius 2 is 0.886 bits per heavy atom. The second-order valence-corrected chi connectivity index (χ2v) is 12.8. The van der Waals surface area contributed by atoms with Crippen molar-refractivity contribution in [1.29, 1.82) is 0 Å². The van der Waals surface area contributed by atoms with E-state index in [0.717, 1.165) is 37.6 Å². The molecule has 2 aromatic heterocycles. The number of hydrogen-bond donors (Lipinski definition) is 0. The Bertz CT molecular complexity index is 1380. The van der Waals surface area contributed by atoms with Crippen LogP contribution in [0.5, 0.6) is 0 Å². The fourth-order valence-electron chi connectivity index (χ4n) is 3.86. The molecule has 172 valence electrons. The van der Waals surface area contributed by atoms with E-state index in [9.17, 15) is 0 Å². The summed E-state index contributed by atoms with van der Waals surface area (Å²) in [6.45, 7) is 0. The van der Waals surface area contributed by atoms with Crippen LogP contribution in [0.15, 0.2) is 106 Å². The molecule has 0 amide bonds. The largest absolute Gasteiger partial charge is 0.230 e. The smallest absolute Gasteiger partial charge is 0.151 e. The highest BCUT2D eigenvalue weighted by atomic mass is 32.2. The van der Waals surface area contributed by atoms with Crippen LogP contribution in [0.1, 0.15) is 22.3 Å². The molecule has 0 atom stereocenters. The minimum Gasteiger partial charge on any atom is -0.230 e. The minimum atomic E-state index is 0.946. The lowest BCUT2D eigenvalue weighted by Crippen LogP contribution is -1.90. The molecule has 6 heteroatoms. The summed E-state index contributed by atoms with van der Waals surface area (Å²) in [7, 11) is 0. The fraction of sp³-hybridized carbons (Fsp3) is 0.103. The molecule has 2 nitrogen and oxygen atoms in total. The Morgan fingerprint density at radius 3 is 1.31 bits per heavy atom. The predicted octanol–water partition coefficient (Wildman–Crippen LogP) is 9.08. The highest BCUT2D eigenvalue weighted by Gasteiger charge is 2.06. The van der Waals surface area contributed by atoms with Gasteiger partial charge in [-0.2, -0.15) is 0 Å². The van der Waals surface area contributed by atoms with E-state index in [1.807, 2.05) is 35.7 Å². The number of thiazole rings is 2. The van der Waals surface area contributed by atoms with Crippen LogP contribution in [-0.4, -0.2) is 9.97 Å². The zero-order valence-corrected chi connectivity index (χ0v) is 22.2. The Balaban J connectivity index is 1.02. The van der Waals surface area contributed by atoms with E-state index >= 15 is 0 Å². The number of benzene rings is 4. The normalized spacial score (nSPS) is 11.4. The molecular formula is C29H22N2S4. The molecule has 6 aromatic rings. The molecule has 0 unspecified atom stereocenters. The molecular weight excluding hydrogens is 505 g/mol. The highest BCUT2D eigenvalue weighted by Crippen LogP contribution is 2.32. The molecule has 35 heavy (non-hydrogen) atoms. The predicted molar refractivity (Wildman–Crippen MR) is 154 cm³/mol. The Labute approximate surface area is 221 Å². The van der Waals surface area contributed by atoms with Crippen molar-refractivity contribution in [2.75, 3.05) is 0 Å².